The van der Waals surface area contributed by atoms with Crippen LogP contribution in [0.4, 0.5) is 0 Å². The minimum atomic E-state index is -0.490. The molecule has 7 heteroatoms. The fourth-order valence-corrected chi connectivity index (χ4v) is 3.11. The lowest BCUT2D eigenvalue weighted by Gasteiger charge is -2.37. The number of amides is 1. The van der Waals surface area contributed by atoms with Gasteiger partial charge in [0.1, 0.15) is 0 Å². The van der Waals surface area contributed by atoms with Gasteiger partial charge in [-0.2, -0.15) is 0 Å². The van der Waals surface area contributed by atoms with Crippen molar-refractivity contribution in [3.63, 3.8) is 0 Å². The predicted molar refractivity (Wildman–Crippen MR) is 85.0 cm³/mol. The number of hydrogen-bond acceptors (Lipinski definition) is 5. The molecule has 1 amide bonds. The van der Waals surface area contributed by atoms with Crippen molar-refractivity contribution in [2.45, 2.75) is 44.1 Å². The lowest BCUT2D eigenvalue weighted by Crippen LogP contribution is -2.53. The summed E-state index contributed by atoms with van der Waals surface area (Å²) in [6.45, 7) is 3.21. The average Bonchev–Trinajstić information content (AvgIpc) is 2.99. The minimum Gasteiger partial charge on any atom is -0.469 e. The summed E-state index contributed by atoms with van der Waals surface area (Å²) in [6, 6.07) is 0. The molecule has 2 saturated heterocycles. The highest BCUT2D eigenvalue weighted by molar-refractivity contribution is 5.85. The van der Waals surface area contributed by atoms with Crippen LogP contribution in [0, 0.1) is 5.92 Å². The van der Waals surface area contributed by atoms with E-state index < -0.39 is 5.54 Å². The van der Waals surface area contributed by atoms with Gasteiger partial charge in [-0.15, -0.1) is 12.4 Å². The highest BCUT2D eigenvalue weighted by Gasteiger charge is 2.36. The summed E-state index contributed by atoms with van der Waals surface area (Å²) < 4.78 is 10.1. The van der Waals surface area contributed by atoms with E-state index in [2.05, 4.69) is 10.6 Å². The number of ether oxygens (including phenoxy) is 2. The SMILES string of the molecule is COC(=O)CC1(NC(=O)CCC2CCNC2)CCOCC1.Cl. The number of halogens is 1. The second-order valence-corrected chi connectivity index (χ2v) is 6.09. The van der Waals surface area contributed by atoms with Gasteiger partial charge < -0.3 is 20.1 Å². The van der Waals surface area contributed by atoms with E-state index in [9.17, 15) is 9.59 Å². The number of rotatable bonds is 6. The summed E-state index contributed by atoms with van der Waals surface area (Å²) in [7, 11) is 1.38. The minimum absolute atomic E-state index is 0. The quantitative estimate of drug-likeness (QED) is 0.709. The third-order valence-corrected chi connectivity index (χ3v) is 4.51. The standard InChI is InChI=1S/C15H26N2O4.ClH/c1-20-14(19)10-15(5-8-21-9-6-15)17-13(18)3-2-12-4-7-16-11-12;/h12,16H,2-11H2,1H3,(H,17,18);1H. The van der Waals surface area contributed by atoms with Gasteiger partial charge in [0, 0.05) is 19.6 Å². The van der Waals surface area contributed by atoms with Crippen LogP contribution in [0.1, 0.15) is 38.5 Å². The molecule has 22 heavy (non-hydrogen) atoms. The van der Waals surface area contributed by atoms with Crippen molar-refractivity contribution >= 4 is 24.3 Å². The molecule has 2 heterocycles. The fourth-order valence-electron chi connectivity index (χ4n) is 3.11. The molecule has 128 valence electrons. The Morgan fingerprint density at radius 3 is 2.68 bits per heavy atom. The van der Waals surface area contributed by atoms with Crippen molar-refractivity contribution in [3.05, 3.63) is 0 Å². The van der Waals surface area contributed by atoms with Crippen LogP contribution in [0.25, 0.3) is 0 Å². The fraction of sp³-hybridized carbons (Fsp3) is 0.867. The topological polar surface area (TPSA) is 76.7 Å². The highest BCUT2D eigenvalue weighted by Crippen LogP contribution is 2.25. The van der Waals surface area contributed by atoms with Gasteiger partial charge in [0.05, 0.1) is 19.1 Å². The first-order valence-corrected chi connectivity index (χ1v) is 7.80. The lowest BCUT2D eigenvalue weighted by molar-refractivity contribution is -0.144. The van der Waals surface area contributed by atoms with E-state index in [0.29, 0.717) is 38.4 Å². The van der Waals surface area contributed by atoms with Gasteiger partial charge in [0.25, 0.3) is 0 Å². The van der Waals surface area contributed by atoms with Gasteiger partial charge in [-0.3, -0.25) is 9.59 Å². The molecule has 1 atom stereocenters. The maximum atomic E-state index is 12.2. The number of methoxy groups -OCH3 is 1. The van der Waals surface area contributed by atoms with E-state index in [1.807, 2.05) is 0 Å². The average molecular weight is 335 g/mol. The zero-order valence-electron chi connectivity index (χ0n) is 13.2. The molecular formula is C15H27ClN2O4. The van der Waals surface area contributed by atoms with Gasteiger partial charge in [0.2, 0.25) is 5.91 Å². The first kappa shape index (κ1) is 19.2. The Bertz CT molecular complexity index is 367. The van der Waals surface area contributed by atoms with E-state index >= 15 is 0 Å². The molecule has 2 aliphatic rings. The first-order chi connectivity index (χ1) is 10.1. The molecule has 0 radical (unpaired) electrons. The van der Waals surface area contributed by atoms with E-state index in [4.69, 9.17) is 9.47 Å². The number of nitrogens with one attached hydrogen (secondary N) is 2. The second-order valence-electron chi connectivity index (χ2n) is 6.09. The van der Waals surface area contributed by atoms with Crippen LogP contribution >= 0.6 is 12.4 Å². The normalized spacial score (nSPS) is 23.4. The predicted octanol–water partition coefficient (Wildman–Crippen LogP) is 1.03. The largest absolute Gasteiger partial charge is 0.469 e. The Morgan fingerprint density at radius 2 is 2.09 bits per heavy atom. The Labute approximate surface area is 138 Å². The molecule has 0 aromatic carbocycles. The van der Waals surface area contributed by atoms with Crippen LogP contribution in [-0.4, -0.2) is 50.8 Å². The molecule has 0 saturated carbocycles. The zero-order valence-corrected chi connectivity index (χ0v) is 14.0. The van der Waals surface area contributed by atoms with Crippen LogP contribution in [0.15, 0.2) is 0 Å². The van der Waals surface area contributed by atoms with Crippen LogP contribution in [0.3, 0.4) is 0 Å². The summed E-state index contributed by atoms with van der Waals surface area (Å²) in [5, 5.41) is 6.39. The van der Waals surface area contributed by atoms with E-state index in [-0.39, 0.29) is 30.7 Å². The summed E-state index contributed by atoms with van der Waals surface area (Å²) >= 11 is 0. The molecule has 0 spiro atoms. The third-order valence-electron chi connectivity index (χ3n) is 4.51. The molecule has 0 aliphatic carbocycles. The van der Waals surface area contributed by atoms with Crippen molar-refractivity contribution in [2.75, 3.05) is 33.4 Å². The van der Waals surface area contributed by atoms with Crippen LogP contribution in [0.5, 0.6) is 0 Å². The summed E-state index contributed by atoms with van der Waals surface area (Å²) in [4.78, 5) is 23.8. The Balaban J connectivity index is 0.00000242. The lowest BCUT2D eigenvalue weighted by atomic mass is 9.86. The number of carbonyl (C=O) groups excluding carboxylic acids is 2. The molecule has 6 nitrogen and oxygen atoms in total. The monoisotopic (exact) mass is 334 g/mol. The maximum absolute atomic E-state index is 12.2. The summed E-state index contributed by atoms with van der Waals surface area (Å²) in [5.74, 6) is 0.354. The van der Waals surface area contributed by atoms with Crippen molar-refractivity contribution < 1.29 is 19.1 Å². The number of esters is 1. The Morgan fingerprint density at radius 1 is 1.36 bits per heavy atom. The Hall–Kier alpha value is -0.850. The van der Waals surface area contributed by atoms with Gasteiger partial charge in [0.15, 0.2) is 0 Å². The van der Waals surface area contributed by atoms with E-state index in [1.54, 1.807) is 0 Å². The molecule has 0 bridgehead atoms. The van der Waals surface area contributed by atoms with E-state index in [1.165, 1.54) is 7.11 Å². The van der Waals surface area contributed by atoms with Gasteiger partial charge in [-0.1, -0.05) is 0 Å². The molecule has 1 unspecified atom stereocenters. The van der Waals surface area contributed by atoms with Crippen LogP contribution in [0.2, 0.25) is 0 Å². The van der Waals surface area contributed by atoms with Crippen molar-refractivity contribution in [2.24, 2.45) is 5.92 Å². The van der Waals surface area contributed by atoms with Crippen LogP contribution < -0.4 is 10.6 Å². The number of carbonyl (C=O) groups is 2. The second kappa shape index (κ2) is 9.33. The summed E-state index contributed by atoms with van der Waals surface area (Å²) in [5.41, 5.74) is -0.490. The number of hydrogen-bond donors (Lipinski definition) is 2. The Kier molecular flexibility index (Phi) is 8.14. The molecule has 2 aliphatic heterocycles. The van der Waals surface area contributed by atoms with Crippen molar-refractivity contribution in [1.82, 2.24) is 10.6 Å². The molecular weight excluding hydrogens is 308 g/mol. The van der Waals surface area contributed by atoms with Crippen molar-refractivity contribution in [3.8, 4) is 0 Å². The molecule has 2 N–H and O–H groups in total. The molecule has 2 fully saturated rings. The molecule has 0 aromatic rings. The maximum Gasteiger partial charge on any atom is 0.307 e. The van der Waals surface area contributed by atoms with Gasteiger partial charge in [-0.25, -0.2) is 0 Å². The third kappa shape index (κ3) is 5.74. The zero-order chi connectivity index (χ0) is 15.1. The van der Waals surface area contributed by atoms with E-state index in [0.717, 1.165) is 25.9 Å². The smallest absolute Gasteiger partial charge is 0.307 e. The molecule has 0 aromatic heterocycles. The highest BCUT2D eigenvalue weighted by atomic mass is 35.5. The molecule has 2 rings (SSSR count). The van der Waals surface area contributed by atoms with Crippen molar-refractivity contribution in [1.29, 1.82) is 0 Å². The first-order valence-electron chi connectivity index (χ1n) is 7.80. The summed E-state index contributed by atoms with van der Waals surface area (Å²) in [6.07, 6.45) is 4.13. The van der Waals surface area contributed by atoms with Crippen LogP contribution in [-0.2, 0) is 19.1 Å². The van der Waals surface area contributed by atoms with Gasteiger partial charge >= 0.3 is 5.97 Å². The van der Waals surface area contributed by atoms with Gasteiger partial charge in [-0.05, 0) is 44.7 Å².